The molecule has 5 nitrogen and oxygen atoms in total. The molecule has 21 heavy (non-hydrogen) atoms. The minimum absolute atomic E-state index is 0.215. The number of nitrogens with one attached hydrogen (secondary N) is 1. The van der Waals surface area contributed by atoms with Gasteiger partial charge in [-0.25, -0.2) is 4.79 Å². The molecule has 0 fully saturated rings. The molecule has 2 unspecified atom stereocenters. The fourth-order valence-corrected chi connectivity index (χ4v) is 2.17. The van der Waals surface area contributed by atoms with Crippen molar-refractivity contribution >= 4 is 5.97 Å². The number of hydrogen-bond acceptors (Lipinski definition) is 5. The lowest BCUT2D eigenvalue weighted by molar-refractivity contribution is -0.146. The van der Waals surface area contributed by atoms with Crippen molar-refractivity contribution in [1.29, 1.82) is 0 Å². The van der Waals surface area contributed by atoms with Gasteiger partial charge in [0.25, 0.3) is 0 Å². The van der Waals surface area contributed by atoms with E-state index in [0.29, 0.717) is 25.6 Å². The highest BCUT2D eigenvalue weighted by atomic mass is 16.6. The molecule has 1 aromatic rings. The Morgan fingerprint density at radius 3 is 2.67 bits per heavy atom. The van der Waals surface area contributed by atoms with Crippen molar-refractivity contribution in [3.63, 3.8) is 0 Å². The molecule has 0 saturated carbocycles. The molecule has 0 aliphatic carbocycles. The van der Waals surface area contributed by atoms with E-state index in [0.717, 1.165) is 17.7 Å². The molecule has 0 saturated heterocycles. The van der Waals surface area contributed by atoms with Crippen LogP contribution in [0.4, 0.5) is 0 Å². The maximum atomic E-state index is 12.2. The number of carbonyl (C=O) groups excluding carboxylic acids is 1. The molecule has 116 valence electrons. The SMILES string of the molecule is CCOC(=O)C(NC(C)CC)c1ccc2c(c1)OCCO2. The zero-order valence-corrected chi connectivity index (χ0v) is 12.8. The number of benzene rings is 1. The average molecular weight is 293 g/mol. The summed E-state index contributed by atoms with van der Waals surface area (Å²) in [6, 6.07) is 5.30. The average Bonchev–Trinajstić information content (AvgIpc) is 2.52. The Kier molecular flexibility index (Phi) is 5.44. The first-order valence-electron chi connectivity index (χ1n) is 7.48. The van der Waals surface area contributed by atoms with Gasteiger partial charge in [0.1, 0.15) is 19.3 Å². The first-order chi connectivity index (χ1) is 10.2. The Bertz CT molecular complexity index is 489. The Balaban J connectivity index is 2.24. The van der Waals surface area contributed by atoms with Crippen molar-refractivity contribution < 1.29 is 19.0 Å². The third-order valence-electron chi connectivity index (χ3n) is 3.49. The topological polar surface area (TPSA) is 56.8 Å². The molecule has 5 heteroatoms. The highest BCUT2D eigenvalue weighted by molar-refractivity contribution is 5.78. The van der Waals surface area contributed by atoms with E-state index < -0.39 is 6.04 Å². The van der Waals surface area contributed by atoms with Crippen LogP contribution in [0.5, 0.6) is 11.5 Å². The summed E-state index contributed by atoms with van der Waals surface area (Å²) >= 11 is 0. The summed E-state index contributed by atoms with van der Waals surface area (Å²) in [5.41, 5.74) is 0.831. The molecule has 1 N–H and O–H groups in total. The zero-order chi connectivity index (χ0) is 15.2. The fraction of sp³-hybridized carbons (Fsp3) is 0.562. The van der Waals surface area contributed by atoms with Crippen LogP contribution in [0.1, 0.15) is 38.8 Å². The highest BCUT2D eigenvalue weighted by Gasteiger charge is 2.25. The van der Waals surface area contributed by atoms with Crippen molar-refractivity contribution in [2.24, 2.45) is 0 Å². The van der Waals surface area contributed by atoms with E-state index in [1.165, 1.54) is 0 Å². The Hall–Kier alpha value is -1.75. The van der Waals surface area contributed by atoms with Crippen LogP contribution in [0.3, 0.4) is 0 Å². The molecule has 2 atom stereocenters. The lowest BCUT2D eigenvalue weighted by Crippen LogP contribution is -2.36. The molecular formula is C16H23NO4. The van der Waals surface area contributed by atoms with Crippen LogP contribution < -0.4 is 14.8 Å². The largest absolute Gasteiger partial charge is 0.486 e. The summed E-state index contributed by atoms with van der Waals surface area (Å²) in [6.45, 7) is 7.37. The first-order valence-corrected chi connectivity index (χ1v) is 7.48. The third kappa shape index (κ3) is 3.88. The number of esters is 1. The van der Waals surface area contributed by atoms with Gasteiger partial charge in [-0.2, -0.15) is 0 Å². The molecule has 1 heterocycles. The molecule has 0 amide bonds. The van der Waals surface area contributed by atoms with Crippen molar-refractivity contribution in [2.45, 2.75) is 39.3 Å². The lowest BCUT2D eigenvalue weighted by atomic mass is 10.0. The van der Waals surface area contributed by atoms with Gasteiger partial charge in [0.2, 0.25) is 0 Å². The van der Waals surface area contributed by atoms with E-state index in [1.807, 2.05) is 32.0 Å². The van der Waals surface area contributed by atoms with Gasteiger partial charge >= 0.3 is 5.97 Å². The number of ether oxygens (including phenoxy) is 3. The van der Waals surface area contributed by atoms with Crippen molar-refractivity contribution in [1.82, 2.24) is 5.32 Å². The molecule has 1 aromatic carbocycles. The Labute approximate surface area is 125 Å². The maximum absolute atomic E-state index is 12.2. The summed E-state index contributed by atoms with van der Waals surface area (Å²) < 4.78 is 16.3. The van der Waals surface area contributed by atoms with Crippen LogP contribution in [-0.2, 0) is 9.53 Å². The second-order valence-corrected chi connectivity index (χ2v) is 5.06. The Morgan fingerprint density at radius 2 is 2.00 bits per heavy atom. The summed E-state index contributed by atoms with van der Waals surface area (Å²) in [5.74, 6) is 1.13. The van der Waals surface area contributed by atoms with Gasteiger partial charge in [0.15, 0.2) is 11.5 Å². The number of fused-ring (bicyclic) bond motifs is 1. The van der Waals surface area contributed by atoms with E-state index in [-0.39, 0.29) is 12.0 Å². The standard InChI is InChI=1S/C16H23NO4/c1-4-11(3)17-15(16(18)19-5-2)12-6-7-13-14(10-12)21-9-8-20-13/h6-7,10-11,15,17H,4-5,8-9H2,1-3H3. The van der Waals surface area contributed by atoms with Crippen LogP contribution in [0.2, 0.25) is 0 Å². The quantitative estimate of drug-likeness (QED) is 0.816. The predicted molar refractivity (Wildman–Crippen MR) is 79.7 cm³/mol. The third-order valence-corrected chi connectivity index (χ3v) is 3.49. The van der Waals surface area contributed by atoms with Crippen molar-refractivity contribution in [3.05, 3.63) is 23.8 Å². The summed E-state index contributed by atoms with van der Waals surface area (Å²) in [4.78, 5) is 12.2. The lowest BCUT2D eigenvalue weighted by Gasteiger charge is -2.24. The van der Waals surface area contributed by atoms with Gasteiger partial charge in [-0.1, -0.05) is 13.0 Å². The molecule has 0 aromatic heterocycles. The van der Waals surface area contributed by atoms with Crippen molar-refractivity contribution in [2.75, 3.05) is 19.8 Å². The van der Waals surface area contributed by atoms with Gasteiger partial charge in [-0.15, -0.1) is 0 Å². The van der Waals surface area contributed by atoms with Crippen molar-refractivity contribution in [3.8, 4) is 11.5 Å². The van der Waals surface area contributed by atoms with Gasteiger partial charge in [0, 0.05) is 6.04 Å². The highest BCUT2D eigenvalue weighted by Crippen LogP contribution is 2.33. The van der Waals surface area contributed by atoms with Crippen LogP contribution in [-0.4, -0.2) is 31.8 Å². The summed E-state index contributed by atoms with van der Waals surface area (Å²) in [5, 5.41) is 3.30. The monoisotopic (exact) mass is 293 g/mol. The predicted octanol–water partition coefficient (Wildman–Crippen LogP) is 2.45. The zero-order valence-electron chi connectivity index (χ0n) is 12.8. The van der Waals surface area contributed by atoms with Gasteiger partial charge in [0.05, 0.1) is 6.61 Å². The van der Waals surface area contributed by atoms with Crippen LogP contribution in [0.25, 0.3) is 0 Å². The van der Waals surface area contributed by atoms with E-state index in [2.05, 4.69) is 12.2 Å². The molecule has 1 aliphatic heterocycles. The van der Waals surface area contributed by atoms with E-state index in [9.17, 15) is 4.79 Å². The first kappa shape index (κ1) is 15.6. The second-order valence-electron chi connectivity index (χ2n) is 5.06. The van der Waals surface area contributed by atoms with E-state index >= 15 is 0 Å². The number of rotatable bonds is 6. The molecule has 2 rings (SSSR count). The molecule has 0 bridgehead atoms. The second kappa shape index (κ2) is 7.31. The van der Waals surface area contributed by atoms with E-state index in [1.54, 1.807) is 0 Å². The van der Waals surface area contributed by atoms with E-state index in [4.69, 9.17) is 14.2 Å². The van der Waals surface area contributed by atoms with Gasteiger partial charge in [-0.3, -0.25) is 5.32 Å². The van der Waals surface area contributed by atoms with Gasteiger partial charge in [-0.05, 0) is 38.0 Å². The molecular weight excluding hydrogens is 270 g/mol. The molecule has 0 spiro atoms. The minimum atomic E-state index is -0.490. The fourth-order valence-electron chi connectivity index (χ4n) is 2.17. The Morgan fingerprint density at radius 1 is 1.29 bits per heavy atom. The summed E-state index contributed by atoms with van der Waals surface area (Å²) in [7, 11) is 0. The summed E-state index contributed by atoms with van der Waals surface area (Å²) in [6.07, 6.45) is 0.931. The maximum Gasteiger partial charge on any atom is 0.327 e. The molecule has 0 radical (unpaired) electrons. The van der Waals surface area contributed by atoms with Crippen LogP contribution in [0, 0.1) is 0 Å². The number of hydrogen-bond donors (Lipinski definition) is 1. The van der Waals surface area contributed by atoms with Crippen LogP contribution >= 0.6 is 0 Å². The molecule has 1 aliphatic rings. The van der Waals surface area contributed by atoms with Gasteiger partial charge < -0.3 is 14.2 Å². The number of carbonyl (C=O) groups is 1. The normalized spacial score (nSPS) is 16.1. The van der Waals surface area contributed by atoms with Crippen LogP contribution in [0.15, 0.2) is 18.2 Å². The minimum Gasteiger partial charge on any atom is -0.486 e. The smallest absolute Gasteiger partial charge is 0.327 e.